The summed E-state index contributed by atoms with van der Waals surface area (Å²) in [5.41, 5.74) is 6.34. The van der Waals surface area contributed by atoms with Gasteiger partial charge in [0.05, 0.1) is 0 Å². The zero-order valence-electron chi connectivity index (χ0n) is 11.6. The summed E-state index contributed by atoms with van der Waals surface area (Å²) in [7, 11) is 0. The second-order valence-electron chi connectivity index (χ2n) is 5.58. The van der Waals surface area contributed by atoms with Gasteiger partial charge in [-0.1, -0.05) is 18.6 Å². The monoisotopic (exact) mass is 268 g/mol. The number of hydrogen-bond acceptors (Lipinski definition) is 2. The maximum atomic E-state index is 13.7. The van der Waals surface area contributed by atoms with Crippen LogP contribution in [0.25, 0.3) is 0 Å². The number of hydrogen-bond donors (Lipinski definition) is 1. The van der Waals surface area contributed by atoms with Gasteiger partial charge in [-0.2, -0.15) is 0 Å². The van der Waals surface area contributed by atoms with E-state index < -0.39 is 17.7 Å². The summed E-state index contributed by atoms with van der Waals surface area (Å²) in [4.78, 5) is 2.30. The maximum Gasteiger partial charge on any atom is 0.163 e. The van der Waals surface area contributed by atoms with E-state index in [9.17, 15) is 8.78 Å². The van der Waals surface area contributed by atoms with Gasteiger partial charge in [-0.25, -0.2) is 8.78 Å². The van der Waals surface area contributed by atoms with E-state index in [1.807, 2.05) is 0 Å². The van der Waals surface area contributed by atoms with Crippen molar-refractivity contribution >= 4 is 0 Å². The molecule has 1 aliphatic heterocycles. The second-order valence-corrected chi connectivity index (χ2v) is 5.58. The average molecular weight is 268 g/mol. The highest BCUT2D eigenvalue weighted by Crippen LogP contribution is 2.26. The first-order valence-corrected chi connectivity index (χ1v) is 6.96. The minimum atomic E-state index is -0.826. The number of likely N-dealkylation sites (tertiary alicyclic amines) is 1. The molecule has 1 heterocycles. The van der Waals surface area contributed by atoms with Crippen molar-refractivity contribution in [2.75, 3.05) is 6.54 Å². The third kappa shape index (κ3) is 3.12. The largest absolute Gasteiger partial charge is 0.323 e. The number of halogens is 2. The Labute approximate surface area is 113 Å². The van der Waals surface area contributed by atoms with Gasteiger partial charge in [0.15, 0.2) is 11.6 Å². The van der Waals surface area contributed by atoms with Crippen molar-refractivity contribution in [3.63, 3.8) is 0 Å². The molecule has 1 aliphatic rings. The van der Waals surface area contributed by atoms with Crippen LogP contribution in [0.5, 0.6) is 0 Å². The fourth-order valence-corrected chi connectivity index (χ4v) is 2.97. The van der Waals surface area contributed by atoms with Crippen molar-refractivity contribution in [2.45, 2.75) is 51.2 Å². The van der Waals surface area contributed by atoms with Gasteiger partial charge in [-0.3, -0.25) is 4.90 Å². The van der Waals surface area contributed by atoms with E-state index in [-0.39, 0.29) is 5.56 Å². The predicted octanol–water partition coefficient (Wildman–Crippen LogP) is 3.23. The number of nitrogens with zero attached hydrogens (tertiary/aromatic N) is 1. The van der Waals surface area contributed by atoms with Crippen LogP contribution in [0.15, 0.2) is 18.2 Å². The Bertz CT molecular complexity index is 426. The third-order valence-electron chi connectivity index (χ3n) is 4.16. The highest BCUT2D eigenvalue weighted by atomic mass is 19.2. The quantitative estimate of drug-likeness (QED) is 0.912. The molecule has 1 aromatic carbocycles. The van der Waals surface area contributed by atoms with E-state index in [4.69, 9.17) is 5.73 Å². The molecule has 0 spiro atoms. The third-order valence-corrected chi connectivity index (χ3v) is 4.16. The van der Waals surface area contributed by atoms with Crippen LogP contribution < -0.4 is 5.73 Å². The van der Waals surface area contributed by atoms with Gasteiger partial charge >= 0.3 is 0 Å². The highest BCUT2D eigenvalue weighted by Gasteiger charge is 2.27. The molecular formula is C15H22F2N2. The van der Waals surface area contributed by atoms with Gasteiger partial charge in [0.2, 0.25) is 0 Å². The van der Waals surface area contributed by atoms with Crippen molar-refractivity contribution < 1.29 is 8.78 Å². The van der Waals surface area contributed by atoms with E-state index in [0.717, 1.165) is 18.9 Å². The van der Waals surface area contributed by atoms with Crippen LogP contribution in [0.3, 0.4) is 0 Å². The molecule has 19 heavy (non-hydrogen) atoms. The highest BCUT2D eigenvalue weighted by molar-refractivity contribution is 5.22. The SMILES string of the molecule is CC1CCCC(C)N1CC(N)c1cccc(F)c1F. The van der Waals surface area contributed by atoms with Crippen LogP contribution >= 0.6 is 0 Å². The molecule has 4 heteroatoms. The van der Waals surface area contributed by atoms with Crippen molar-refractivity contribution in [1.29, 1.82) is 0 Å². The molecule has 2 rings (SSSR count). The predicted molar refractivity (Wildman–Crippen MR) is 72.8 cm³/mol. The number of rotatable bonds is 3. The molecule has 3 atom stereocenters. The molecular weight excluding hydrogens is 246 g/mol. The Balaban J connectivity index is 2.11. The first-order valence-electron chi connectivity index (χ1n) is 6.96. The minimum absolute atomic E-state index is 0.268. The molecule has 0 saturated carbocycles. The van der Waals surface area contributed by atoms with E-state index in [1.165, 1.54) is 12.5 Å². The Morgan fingerprint density at radius 2 is 1.89 bits per heavy atom. The van der Waals surface area contributed by atoms with Crippen molar-refractivity contribution in [1.82, 2.24) is 4.90 Å². The Kier molecular flexibility index (Phi) is 4.53. The van der Waals surface area contributed by atoms with Crippen LogP contribution in [0.2, 0.25) is 0 Å². The van der Waals surface area contributed by atoms with E-state index in [2.05, 4.69) is 18.7 Å². The Morgan fingerprint density at radius 3 is 2.53 bits per heavy atom. The van der Waals surface area contributed by atoms with Gasteiger partial charge in [0.25, 0.3) is 0 Å². The molecule has 1 saturated heterocycles. The summed E-state index contributed by atoms with van der Waals surface area (Å²) < 4.78 is 27.0. The van der Waals surface area contributed by atoms with Gasteiger partial charge in [-0.05, 0) is 32.8 Å². The lowest BCUT2D eigenvalue weighted by atomic mass is 9.95. The lowest BCUT2D eigenvalue weighted by molar-refractivity contribution is 0.0956. The Morgan fingerprint density at radius 1 is 1.26 bits per heavy atom. The molecule has 0 radical (unpaired) electrons. The van der Waals surface area contributed by atoms with Gasteiger partial charge in [0.1, 0.15) is 0 Å². The lowest BCUT2D eigenvalue weighted by Gasteiger charge is -2.40. The number of benzene rings is 1. The fourth-order valence-electron chi connectivity index (χ4n) is 2.97. The van der Waals surface area contributed by atoms with Crippen LogP contribution in [0, 0.1) is 11.6 Å². The molecule has 0 aliphatic carbocycles. The molecule has 1 fully saturated rings. The molecule has 0 amide bonds. The first-order chi connectivity index (χ1) is 9.00. The van der Waals surface area contributed by atoms with Crippen LogP contribution in [-0.4, -0.2) is 23.5 Å². The molecule has 106 valence electrons. The standard InChI is InChI=1S/C15H22F2N2/c1-10-5-3-6-11(2)19(10)9-14(18)12-7-4-8-13(16)15(12)17/h4,7-8,10-11,14H,3,5-6,9,18H2,1-2H3. The maximum absolute atomic E-state index is 13.7. The van der Waals surface area contributed by atoms with Crippen molar-refractivity contribution in [3.05, 3.63) is 35.4 Å². The Hall–Kier alpha value is -1.00. The summed E-state index contributed by atoms with van der Waals surface area (Å²) in [6.07, 6.45) is 3.51. The van der Waals surface area contributed by atoms with Gasteiger partial charge in [-0.15, -0.1) is 0 Å². The molecule has 1 aromatic rings. The zero-order valence-corrected chi connectivity index (χ0v) is 11.6. The number of piperidine rings is 1. The summed E-state index contributed by atoms with van der Waals surface area (Å²) in [5.74, 6) is -1.64. The van der Waals surface area contributed by atoms with Crippen molar-refractivity contribution in [3.8, 4) is 0 Å². The van der Waals surface area contributed by atoms with E-state index in [1.54, 1.807) is 6.07 Å². The average Bonchev–Trinajstić information content (AvgIpc) is 2.37. The number of nitrogens with two attached hydrogens (primary N) is 1. The van der Waals surface area contributed by atoms with E-state index in [0.29, 0.717) is 18.6 Å². The molecule has 0 aromatic heterocycles. The molecule has 2 nitrogen and oxygen atoms in total. The lowest BCUT2D eigenvalue weighted by Crippen LogP contribution is -2.47. The van der Waals surface area contributed by atoms with Crippen molar-refractivity contribution in [2.24, 2.45) is 5.73 Å². The normalized spacial score (nSPS) is 26.4. The van der Waals surface area contributed by atoms with Crippen LogP contribution in [0.1, 0.15) is 44.7 Å². The topological polar surface area (TPSA) is 29.3 Å². The second kappa shape index (κ2) is 5.97. The minimum Gasteiger partial charge on any atom is -0.323 e. The molecule has 3 unspecified atom stereocenters. The first kappa shape index (κ1) is 14.4. The fraction of sp³-hybridized carbons (Fsp3) is 0.600. The molecule has 2 N–H and O–H groups in total. The zero-order chi connectivity index (χ0) is 14.0. The summed E-state index contributed by atoms with van der Waals surface area (Å²) in [5, 5.41) is 0. The summed E-state index contributed by atoms with van der Waals surface area (Å²) in [6.45, 7) is 4.91. The van der Waals surface area contributed by atoms with Gasteiger partial charge < -0.3 is 5.73 Å². The van der Waals surface area contributed by atoms with E-state index >= 15 is 0 Å². The summed E-state index contributed by atoms with van der Waals surface area (Å²) in [6, 6.07) is 4.62. The van der Waals surface area contributed by atoms with Crippen LogP contribution in [-0.2, 0) is 0 Å². The molecule has 0 bridgehead atoms. The summed E-state index contributed by atoms with van der Waals surface area (Å²) >= 11 is 0. The smallest absolute Gasteiger partial charge is 0.163 e. The van der Waals surface area contributed by atoms with Gasteiger partial charge in [0, 0.05) is 30.2 Å². The van der Waals surface area contributed by atoms with Crippen LogP contribution in [0.4, 0.5) is 8.78 Å².